The van der Waals surface area contributed by atoms with E-state index in [0.29, 0.717) is 51.0 Å². The maximum Gasteiger partial charge on any atom is 0.335 e. The van der Waals surface area contributed by atoms with E-state index in [0.717, 1.165) is 21.2 Å². The van der Waals surface area contributed by atoms with E-state index in [1.807, 2.05) is 49.4 Å². The van der Waals surface area contributed by atoms with Gasteiger partial charge in [-0.25, -0.2) is 9.69 Å². The Morgan fingerprint density at radius 2 is 1.73 bits per heavy atom. The van der Waals surface area contributed by atoms with Gasteiger partial charge in [-0.1, -0.05) is 60.1 Å². The lowest BCUT2D eigenvalue weighted by Gasteiger charge is -2.27. The highest BCUT2D eigenvalue weighted by Gasteiger charge is 2.37. The van der Waals surface area contributed by atoms with E-state index in [-0.39, 0.29) is 5.57 Å². The Balaban J connectivity index is 1.48. The van der Waals surface area contributed by atoms with E-state index in [4.69, 9.17) is 21.1 Å². The van der Waals surface area contributed by atoms with Gasteiger partial charge in [0.05, 0.1) is 16.8 Å². The Kier molecular flexibility index (Phi) is 7.91. The lowest BCUT2D eigenvalue weighted by atomic mass is 10.0. The van der Waals surface area contributed by atoms with Crippen LogP contribution in [0.1, 0.15) is 23.6 Å². The molecule has 0 aromatic heterocycles. The van der Waals surface area contributed by atoms with Gasteiger partial charge in [-0.05, 0) is 87.6 Å². The normalized spacial score (nSPS) is 14.6. The molecule has 0 bridgehead atoms. The van der Waals surface area contributed by atoms with Gasteiger partial charge in [-0.2, -0.15) is 0 Å². The Labute approximate surface area is 244 Å². The number of hydrogen-bond acceptors (Lipinski definition) is 5. The summed E-state index contributed by atoms with van der Waals surface area (Å²) in [5.41, 5.74) is 2.14. The Morgan fingerprint density at radius 1 is 0.975 bits per heavy atom. The van der Waals surface area contributed by atoms with Gasteiger partial charge in [0.1, 0.15) is 12.2 Å². The summed E-state index contributed by atoms with van der Waals surface area (Å²) in [6, 6.07) is 21.6. The Morgan fingerprint density at radius 3 is 2.52 bits per heavy atom. The van der Waals surface area contributed by atoms with Crippen molar-refractivity contribution in [2.45, 2.75) is 20.5 Å². The standard InChI is InChI=1S/C31H24BrClN2O5/c1-3-39-27-16-19(15-24(32)28(27)40-17-21-10-6-9-20-8-4-5-11-22(20)21)14-23-29(36)34-31(38)35(30(23)37)26-13-7-12-25(33)18(26)2/h4-16H,3,17H2,1-2H3,(H,34,36,38)/b23-14+. The SMILES string of the molecule is CCOc1cc(/C=C2\C(=O)NC(=O)N(c3cccc(Cl)c3C)C2=O)cc(Br)c1OCc1cccc2ccccc12. The van der Waals surface area contributed by atoms with Crippen molar-refractivity contribution in [3.05, 3.63) is 105 Å². The van der Waals surface area contributed by atoms with Crippen LogP contribution in [0.3, 0.4) is 0 Å². The maximum absolute atomic E-state index is 13.4. The molecule has 202 valence electrons. The van der Waals surface area contributed by atoms with Crippen molar-refractivity contribution in [1.82, 2.24) is 5.32 Å². The second-order valence-electron chi connectivity index (χ2n) is 9.03. The molecule has 4 aromatic rings. The quantitative estimate of drug-likeness (QED) is 0.175. The van der Waals surface area contributed by atoms with Crippen molar-refractivity contribution in [1.29, 1.82) is 0 Å². The first-order chi connectivity index (χ1) is 19.3. The zero-order valence-electron chi connectivity index (χ0n) is 21.7. The fraction of sp³-hybridized carbons (Fsp3) is 0.129. The predicted octanol–water partition coefficient (Wildman–Crippen LogP) is 7.21. The lowest BCUT2D eigenvalue weighted by molar-refractivity contribution is -0.122. The van der Waals surface area contributed by atoms with E-state index >= 15 is 0 Å². The van der Waals surface area contributed by atoms with Gasteiger partial charge in [0.25, 0.3) is 11.8 Å². The Bertz CT molecular complexity index is 1700. The van der Waals surface area contributed by atoms with Crippen molar-refractivity contribution in [2.24, 2.45) is 0 Å². The van der Waals surface area contributed by atoms with E-state index in [1.165, 1.54) is 6.08 Å². The van der Waals surface area contributed by atoms with Gasteiger partial charge in [-0.3, -0.25) is 14.9 Å². The molecule has 0 radical (unpaired) electrons. The summed E-state index contributed by atoms with van der Waals surface area (Å²) < 4.78 is 12.7. The Hall–Kier alpha value is -4.14. The summed E-state index contributed by atoms with van der Waals surface area (Å²) in [5.74, 6) is -0.630. The van der Waals surface area contributed by atoms with Gasteiger partial charge in [0.15, 0.2) is 11.5 Å². The van der Waals surface area contributed by atoms with Crippen LogP contribution < -0.4 is 19.7 Å². The number of nitrogens with zero attached hydrogens (tertiary/aromatic N) is 1. The number of carbonyl (C=O) groups excluding carboxylic acids is 3. The highest BCUT2D eigenvalue weighted by atomic mass is 79.9. The number of urea groups is 1. The second kappa shape index (κ2) is 11.5. The van der Waals surface area contributed by atoms with Crippen molar-refractivity contribution < 1.29 is 23.9 Å². The summed E-state index contributed by atoms with van der Waals surface area (Å²) in [4.78, 5) is 39.7. The number of ether oxygens (including phenoxy) is 2. The number of benzene rings is 4. The number of fused-ring (bicyclic) bond motifs is 1. The van der Waals surface area contributed by atoms with Crippen LogP contribution >= 0.6 is 27.5 Å². The molecule has 9 heteroatoms. The minimum absolute atomic E-state index is 0.210. The van der Waals surface area contributed by atoms with Crippen molar-refractivity contribution >= 4 is 67.9 Å². The number of amides is 4. The number of barbiturate groups is 1. The summed E-state index contributed by atoms with van der Waals surface area (Å²) in [6.07, 6.45) is 1.42. The number of nitrogens with one attached hydrogen (secondary N) is 1. The molecule has 1 aliphatic rings. The van der Waals surface area contributed by atoms with Crippen LogP contribution in [0, 0.1) is 6.92 Å². The molecule has 4 aromatic carbocycles. The van der Waals surface area contributed by atoms with E-state index < -0.39 is 17.8 Å². The molecule has 1 heterocycles. The number of imide groups is 2. The second-order valence-corrected chi connectivity index (χ2v) is 10.3. The van der Waals surface area contributed by atoms with Gasteiger partial charge >= 0.3 is 6.03 Å². The molecule has 40 heavy (non-hydrogen) atoms. The fourth-order valence-corrected chi connectivity index (χ4v) is 5.27. The van der Waals surface area contributed by atoms with Crippen LogP contribution in [0.4, 0.5) is 10.5 Å². The summed E-state index contributed by atoms with van der Waals surface area (Å²) in [7, 11) is 0. The highest BCUT2D eigenvalue weighted by molar-refractivity contribution is 9.10. The summed E-state index contributed by atoms with van der Waals surface area (Å²) >= 11 is 9.78. The van der Waals surface area contributed by atoms with E-state index in [9.17, 15) is 14.4 Å². The molecule has 1 aliphatic heterocycles. The molecule has 1 fully saturated rings. The minimum atomic E-state index is -0.842. The molecule has 0 aliphatic carbocycles. The average Bonchev–Trinajstić information content (AvgIpc) is 2.93. The average molecular weight is 620 g/mol. The first kappa shape index (κ1) is 27.4. The number of carbonyl (C=O) groups is 3. The molecule has 5 rings (SSSR count). The summed E-state index contributed by atoms with van der Waals surface area (Å²) in [6.45, 7) is 4.22. The van der Waals surface area contributed by atoms with E-state index in [2.05, 4.69) is 21.2 Å². The smallest absolute Gasteiger partial charge is 0.335 e. The van der Waals surface area contributed by atoms with Crippen LogP contribution in [0.15, 0.2) is 82.8 Å². The first-order valence-corrected chi connectivity index (χ1v) is 13.7. The van der Waals surface area contributed by atoms with Crippen LogP contribution in [-0.2, 0) is 16.2 Å². The zero-order chi connectivity index (χ0) is 28.4. The minimum Gasteiger partial charge on any atom is -0.490 e. The molecule has 7 nitrogen and oxygen atoms in total. The van der Waals surface area contributed by atoms with Gasteiger partial charge in [-0.15, -0.1) is 0 Å². The fourth-order valence-electron chi connectivity index (χ4n) is 4.52. The molecule has 0 spiro atoms. The summed E-state index contributed by atoms with van der Waals surface area (Å²) in [5, 5.41) is 4.85. The molecule has 1 N–H and O–H groups in total. The molecular formula is C31H24BrClN2O5. The number of hydrogen-bond donors (Lipinski definition) is 1. The largest absolute Gasteiger partial charge is 0.490 e. The van der Waals surface area contributed by atoms with Crippen LogP contribution in [0.5, 0.6) is 11.5 Å². The van der Waals surface area contributed by atoms with Crippen molar-refractivity contribution in [3.63, 3.8) is 0 Å². The third-order valence-electron chi connectivity index (χ3n) is 6.48. The van der Waals surface area contributed by atoms with Gasteiger partial charge in [0, 0.05) is 5.02 Å². The van der Waals surface area contributed by atoms with E-state index in [1.54, 1.807) is 37.3 Å². The van der Waals surface area contributed by atoms with Crippen molar-refractivity contribution in [2.75, 3.05) is 11.5 Å². The van der Waals surface area contributed by atoms with Crippen LogP contribution in [0.25, 0.3) is 16.8 Å². The molecule has 0 unspecified atom stereocenters. The third kappa shape index (κ3) is 5.33. The van der Waals surface area contributed by atoms with Gasteiger partial charge in [0.2, 0.25) is 0 Å². The topological polar surface area (TPSA) is 84.9 Å². The molecule has 0 atom stereocenters. The lowest BCUT2D eigenvalue weighted by Crippen LogP contribution is -2.54. The molecule has 1 saturated heterocycles. The van der Waals surface area contributed by atoms with Gasteiger partial charge < -0.3 is 9.47 Å². The predicted molar refractivity (Wildman–Crippen MR) is 159 cm³/mol. The number of halogens is 2. The van der Waals surface area contributed by atoms with Crippen molar-refractivity contribution in [3.8, 4) is 11.5 Å². The molecular weight excluding hydrogens is 596 g/mol. The zero-order valence-corrected chi connectivity index (χ0v) is 24.0. The highest BCUT2D eigenvalue weighted by Crippen LogP contribution is 2.39. The maximum atomic E-state index is 13.4. The van der Waals surface area contributed by atoms with Crippen LogP contribution in [-0.4, -0.2) is 24.5 Å². The molecule has 4 amide bonds. The first-order valence-electron chi connectivity index (χ1n) is 12.5. The number of anilines is 1. The monoisotopic (exact) mass is 618 g/mol. The third-order valence-corrected chi connectivity index (χ3v) is 7.47. The van der Waals surface area contributed by atoms with Crippen LogP contribution in [0.2, 0.25) is 5.02 Å². The molecule has 0 saturated carbocycles. The number of rotatable bonds is 7.